The quantitative estimate of drug-likeness (QED) is 0.416. The van der Waals surface area contributed by atoms with Crippen LogP contribution in [0.4, 0.5) is 0 Å². The third-order valence-corrected chi connectivity index (χ3v) is 1.25. The van der Waals surface area contributed by atoms with Crippen LogP contribution in [0.3, 0.4) is 0 Å². The lowest BCUT2D eigenvalue weighted by atomic mass is 10.4. The van der Waals surface area contributed by atoms with Crippen LogP contribution in [0.5, 0.6) is 0 Å². The number of hydrogen-bond donors (Lipinski definition) is 3. The van der Waals surface area contributed by atoms with Crippen LogP contribution < -0.4 is 16.6 Å². The van der Waals surface area contributed by atoms with E-state index in [-0.39, 0.29) is 10.9 Å². The van der Waals surface area contributed by atoms with E-state index in [1.807, 2.05) is 0 Å². The molecule has 0 saturated heterocycles. The van der Waals surface area contributed by atoms with Crippen molar-refractivity contribution in [2.24, 2.45) is 5.73 Å². The number of thiocarbonyl (C=S) groups is 1. The highest BCUT2D eigenvalue weighted by Gasteiger charge is 2.10. The van der Waals surface area contributed by atoms with E-state index in [2.05, 4.69) is 32.7 Å². The molecule has 0 unspecified atom stereocenters. The van der Waals surface area contributed by atoms with Crippen molar-refractivity contribution in [1.82, 2.24) is 16.0 Å². The number of hydrogen-bond acceptors (Lipinski definition) is 4. The van der Waals surface area contributed by atoms with Gasteiger partial charge in [0.2, 0.25) is 5.76 Å². The van der Waals surface area contributed by atoms with Gasteiger partial charge in [0.05, 0.1) is 5.69 Å². The Bertz CT molecular complexity index is 335. The van der Waals surface area contributed by atoms with E-state index in [9.17, 15) is 4.79 Å². The molecule has 0 bridgehead atoms. The van der Waals surface area contributed by atoms with E-state index in [1.54, 1.807) is 6.92 Å². The summed E-state index contributed by atoms with van der Waals surface area (Å²) in [4.78, 5) is 11.1. The van der Waals surface area contributed by atoms with E-state index >= 15 is 0 Å². The number of nitrogens with zero attached hydrogens (tertiary/aromatic N) is 1. The van der Waals surface area contributed by atoms with E-state index in [4.69, 9.17) is 5.73 Å². The fourth-order valence-corrected chi connectivity index (χ4v) is 0.702. The predicted octanol–water partition coefficient (Wildman–Crippen LogP) is -0.539. The van der Waals surface area contributed by atoms with Crippen molar-refractivity contribution in [1.29, 1.82) is 0 Å². The molecule has 0 aliphatic rings. The molecule has 1 heterocycles. The number of aromatic nitrogens is 1. The Morgan fingerprint density at radius 3 is 2.85 bits per heavy atom. The number of hydrazine groups is 1. The maximum Gasteiger partial charge on any atom is 0.308 e. The van der Waals surface area contributed by atoms with E-state index in [0.29, 0.717) is 5.69 Å². The second-order valence-electron chi connectivity index (χ2n) is 2.28. The molecule has 0 saturated carbocycles. The molecule has 1 aromatic rings. The molecule has 0 fully saturated rings. The maximum absolute atomic E-state index is 11.1. The molecule has 6 nitrogen and oxygen atoms in total. The van der Waals surface area contributed by atoms with Crippen LogP contribution in [-0.2, 0) is 0 Å². The van der Waals surface area contributed by atoms with Gasteiger partial charge in [-0.2, -0.15) is 0 Å². The second-order valence-corrected chi connectivity index (χ2v) is 2.72. The zero-order valence-corrected chi connectivity index (χ0v) is 7.64. The second kappa shape index (κ2) is 3.85. The topological polar surface area (TPSA) is 93.2 Å². The van der Waals surface area contributed by atoms with Crippen LogP contribution in [0.1, 0.15) is 16.2 Å². The Labute approximate surface area is 79.4 Å². The summed E-state index contributed by atoms with van der Waals surface area (Å²) < 4.78 is 4.67. The molecule has 7 heteroatoms. The van der Waals surface area contributed by atoms with Gasteiger partial charge in [0, 0.05) is 6.07 Å². The van der Waals surface area contributed by atoms with E-state index < -0.39 is 5.91 Å². The van der Waals surface area contributed by atoms with E-state index in [1.165, 1.54) is 6.07 Å². The van der Waals surface area contributed by atoms with Gasteiger partial charge >= 0.3 is 5.91 Å². The first kappa shape index (κ1) is 9.46. The minimum absolute atomic E-state index is 0.0235. The van der Waals surface area contributed by atoms with Crippen LogP contribution in [-0.4, -0.2) is 16.2 Å². The molecule has 1 amide bonds. The summed E-state index contributed by atoms with van der Waals surface area (Å²) in [6, 6.07) is 1.50. The van der Waals surface area contributed by atoms with Crippen LogP contribution in [0.25, 0.3) is 0 Å². The third kappa shape index (κ3) is 2.71. The van der Waals surface area contributed by atoms with Crippen molar-refractivity contribution in [3.8, 4) is 0 Å². The fraction of sp³-hybridized carbons (Fsp3) is 0.167. The van der Waals surface area contributed by atoms with Crippen molar-refractivity contribution in [2.75, 3.05) is 0 Å². The molecule has 0 aliphatic carbocycles. The first-order valence-electron chi connectivity index (χ1n) is 3.38. The third-order valence-electron chi connectivity index (χ3n) is 1.15. The molecular weight excluding hydrogens is 192 g/mol. The summed E-state index contributed by atoms with van der Waals surface area (Å²) in [6.45, 7) is 1.71. The molecular formula is C6H8N4O2S. The monoisotopic (exact) mass is 200 g/mol. The zero-order valence-electron chi connectivity index (χ0n) is 6.83. The van der Waals surface area contributed by atoms with Gasteiger partial charge in [0.1, 0.15) is 0 Å². The van der Waals surface area contributed by atoms with Gasteiger partial charge in [0.25, 0.3) is 0 Å². The summed E-state index contributed by atoms with van der Waals surface area (Å²) in [5.41, 5.74) is 10.2. The van der Waals surface area contributed by atoms with E-state index in [0.717, 1.165) is 0 Å². The lowest BCUT2D eigenvalue weighted by Crippen LogP contribution is -2.44. The first-order valence-corrected chi connectivity index (χ1v) is 3.79. The molecule has 0 aliphatic heterocycles. The average Bonchev–Trinajstić information content (AvgIpc) is 2.47. The Morgan fingerprint density at radius 1 is 1.69 bits per heavy atom. The number of carbonyl (C=O) groups is 1. The van der Waals surface area contributed by atoms with Gasteiger partial charge in [-0.3, -0.25) is 15.6 Å². The molecule has 0 aromatic carbocycles. The van der Waals surface area contributed by atoms with Crippen LogP contribution in [0, 0.1) is 6.92 Å². The summed E-state index contributed by atoms with van der Waals surface area (Å²) in [6.07, 6.45) is 0. The molecule has 4 N–H and O–H groups in total. The number of amides is 1. The number of carbonyl (C=O) groups excluding carboxylic acids is 1. The largest absolute Gasteiger partial charge is 0.375 e. The molecule has 70 valence electrons. The van der Waals surface area contributed by atoms with Crippen LogP contribution >= 0.6 is 12.2 Å². The van der Waals surface area contributed by atoms with Gasteiger partial charge in [-0.05, 0) is 19.1 Å². The molecule has 1 rings (SSSR count). The van der Waals surface area contributed by atoms with Gasteiger partial charge in [0.15, 0.2) is 5.11 Å². The Kier molecular flexibility index (Phi) is 2.80. The Hall–Kier alpha value is -1.63. The zero-order chi connectivity index (χ0) is 9.84. The first-order chi connectivity index (χ1) is 6.09. The standard InChI is InChI=1S/C6H8N4O2S/c1-3-2-4(12-10-3)5(11)8-9-6(7)13/h2H,1H3,(H,8,11)(H3,7,9,13). The molecule has 13 heavy (non-hydrogen) atoms. The average molecular weight is 200 g/mol. The number of aryl methyl sites for hydroxylation is 1. The fourth-order valence-electron chi connectivity index (χ4n) is 0.651. The van der Waals surface area contributed by atoms with Gasteiger partial charge in [-0.15, -0.1) is 0 Å². The van der Waals surface area contributed by atoms with Crippen molar-refractivity contribution in [2.45, 2.75) is 6.92 Å². The molecule has 1 aromatic heterocycles. The highest BCUT2D eigenvalue weighted by atomic mass is 32.1. The van der Waals surface area contributed by atoms with Crippen molar-refractivity contribution >= 4 is 23.2 Å². The lowest BCUT2D eigenvalue weighted by Gasteiger charge is -2.02. The van der Waals surface area contributed by atoms with Gasteiger partial charge in [-0.25, -0.2) is 0 Å². The SMILES string of the molecule is Cc1cc(C(=O)NNC(N)=S)on1. The molecule has 0 radical (unpaired) electrons. The van der Waals surface area contributed by atoms with Crippen LogP contribution in [0.2, 0.25) is 0 Å². The van der Waals surface area contributed by atoms with Crippen molar-refractivity contribution in [3.63, 3.8) is 0 Å². The summed E-state index contributed by atoms with van der Waals surface area (Å²) in [5, 5.41) is 3.51. The number of nitrogens with one attached hydrogen (secondary N) is 2. The predicted molar refractivity (Wildman–Crippen MR) is 48.6 cm³/mol. The number of rotatable bonds is 1. The number of nitrogens with two attached hydrogens (primary N) is 1. The molecule has 0 atom stereocenters. The summed E-state index contributed by atoms with van der Waals surface area (Å²) in [7, 11) is 0. The highest BCUT2D eigenvalue weighted by Crippen LogP contribution is 2.00. The lowest BCUT2D eigenvalue weighted by molar-refractivity contribution is 0.0907. The van der Waals surface area contributed by atoms with Gasteiger partial charge < -0.3 is 10.3 Å². The Balaban J connectivity index is 2.54. The minimum Gasteiger partial charge on any atom is -0.375 e. The maximum atomic E-state index is 11.1. The Morgan fingerprint density at radius 2 is 2.38 bits per heavy atom. The minimum atomic E-state index is -0.478. The molecule has 0 spiro atoms. The van der Waals surface area contributed by atoms with Gasteiger partial charge in [-0.1, -0.05) is 5.16 Å². The summed E-state index contributed by atoms with van der Waals surface area (Å²) >= 11 is 4.47. The normalized spacial score (nSPS) is 9.31. The summed E-state index contributed by atoms with van der Waals surface area (Å²) in [5.74, 6) is -0.380. The van der Waals surface area contributed by atoms with Crippen molar-refractivity contribution < 1.29 is 9.32 Å². The smallest absolute Gasteiger partial charge is 0.308 e. The highest BCUT2D eigenvalue weighted by molar-refractivity contribution is 7.80. The van der Waals surface area contributed by atoms with Crippen molar-refractivity contribution in [3.05, 3.63) is 17.5 Å². The van der Waals surface area contributed by atoms with Crippen LogP contribution in [0.15, 0.2) is 10.6 Å².